The Morgan fingerprint density at radius 1 is 1.17 bits per heavy atom. The standard InChI is InChI=1S/C16H21NO/c1-11(12-7-3-2-4-8-12)17-16(18)15-13-9-5-6-10-14(13)15/h2-4,7-8,11,13-15H,5-6,9-10H2,1H3,(H,17,18)/t11-,13+,14+/m1/s1. The number of hydrogen-bond donors (Lipinski definition) is 1. The highest BCUT2D eigenvalue weighted by Crippen LogP contribution is 2.55. The summed E-state index contributed by atoms with van der Waals surface area (Å²) in [5.41, 5.74) is 1.19. The first kappa shape index (κ1) is 11.8. The summed E-state index contributed by atoms with van der Waals surface area (Å²) in [6.45, 7) is 2.07. The van der Waals surface area contributed by atoms with E-state index in [0.717, 1.165) is 0 Å². The third kappa shape index (κ3) is 2.16. The van der Waals surface area contributed by atoms with E-state index in [9.17, 15) is 4.79 Å². The zero-order chi connectivity index (χ0) is 12.5. The third-order valence-corrected chi connectivity index (χ3v) is 4.62. The molecule has 96 valence electrons. The number of amides is 1. The lowest BCUT2D eigenvalue weighted by Crippen LogP contribution is -2.28. The van der Waals surface area contributed by atoms with Gasteiger partial charge in [-0.2, -0.15) is 0 Å². The topological polar surface area (TPSA) is 29.1 Å². The highest BCUT2D eigenvalue weighted by Gasteiger charge is 2.54. The summed E-state index contributed by atoms with van der Waals surface area (Å²) in [5, 5.41) is 3.18. The molecule has 3 rings (SSSR count). The molecule has 0 radical (unpaired) electrons. The molecule has 1 N–H and O–H groups in total. The van der Waals surface area contributed by atoms with Crippen molar-refractivity contribution in [1.82, 2.24) is 5.32 Å². The quantitative estimate of drug-likeness (QED) is 0.867. The molecule has 2 heteroatoms. The van der Waals surface area contributed by atoms with Crippen LogP contribution in [0.1, 0.15) is 44.2 Å². The summed E-state index contributed by atoms with van der Waals surface area (Å²) < 4.78 is 0. The SMILES string of the molecule is C[C@@H](NC(=O)C1[C@H]2CCCC[C@H]12)c1ccccc1. The smallest absolute Gasteiger partial charge is 0.224 e. The van der Waals surface area contributed by atoms with Crippen LogP contribution >= 0.6 is 0 Å². The van der Waals surface area contributed by atoms with Crippen LogP contribution in [0.2, 0.25) is 0 Å². The molecule has 0 heterocycles. The molecular formula is C16H21NO. The first-order valence-corrected chi connectivity index (χ1v) is 7.12. The number of fused-ring (bicyclic) bond motifs is 1. The maximum absolute atomic E-state index is 12.2. The van der Waals surface area contributed by atoms with Crippen molar-refractivity contribution >= 4 is 5.91 Å². The predicted octanol–water partition coefficient (Wildman–Crippen LogP) is 3.30. The van der Waals surface area contributed by atoms with Gasteiger partial charge in [0.15, 0.2) is 0 Å². The number of carbonyl (C=O) groups excluding carboxylic acids is 1. The van der Waals surface area contributed by atoms with E-state index in [1.807, 2.05) is 18.2 Å². The van der Waals surface area contributed by atoms with E-state index in [0.29, 0.717) is 17.8 Å². The summed E-state index contributed by atoms with van der Waals surface area (Å²) >= 11 is 0. The van der Waals surface area contributed by atoms with Gasteiger partial charge in [-0.05, 0) is 37.2 Å². The fourth-order valence-electron chi connectivity index (χ4n) is 3.52. The van der Waals surface area contributed by atoms with Crippen molar-refractivity contribution < 1.29 is 4.79 Å². The molecule has 0 aromatic heterocycles. The van der Waals surface area contributed by atoms with Crippen molar-refractivity contribution in [2.75, 3.05) is 0 Å². The third-order valence-electron chi connectivity index (χ3n) is 4.62. The van der Waals surface area contributed by atoms with Crippen LogP contribution in [0, 0.1) is 17.8 Å². The Morgan fingerprint density at radius 3 is 2.39 bits per heavy atom. The minimum Gasteiger partial charge on any atom is -0.349 e. The minimum atomic E-state index is 0.126. The molecule has 2 fully saturated rings. The van der Waals surface area contributed by atoms with E-state index in [4.69, 9.17) is 0 Å². The summed E-state index contributed by atoms with van der Waals surface area (Å²) in [4.78, 5) is 12.2. The molecule has 18 heavy (non-hydrogen) atoms. The van der Waals surface area contributed by atoms with Gasteiger partial charge >= 0.3 is 0 Å². The van der Waals surface area contributed by atoms with Crippen LogP contribution in [0.5, 0.6) is 0 Å². The fraction of sp³-hybridized carbons (Fsp3) is 0.562. The van der Waals surface area contributed by atoms with Gasteiger partial charge in [0.05, 0.1) is 6.04 Å². The molecule has 1 aromatic rings. The van der Waals surface area contributed by atoms with E-state index in [2.05, 4.69) is 24.4 Å². The monoisotopic (exact) mass is 243 g/mol. The Balaban J connectivity index is 1.59. The van der Waals surface area contributed by atoms with Crippen molar-refractivity contribution in [3.63, 3.8) is 0 Å². The first-order chi connectivity index (χ1) is 8.77. The average Bonchev–Trinajstić information content (AvgIpc) is 3.14. The molecule has 0 spiro atoms. The van der Waals surface area contributed by atoms with Crippen molar-refractivity contribution in [2.24, 2.45) is 17.8 Å². The van der Waals surface area contributed by atoms with Crippen LogP contribution < -0.4 is 5.32 Å². The van der Waals surface area contributed by atoms with Gasteiger partial charge in [0, 0.05) is 5.92 Å². The van der Waals surface area contributed by atoms with Crippen molar-refractivity contribution in [3.8, 4) is 0 Å². The largest absolute Gasteiger partial charge is 0.349 e. The summed E-state index contributed by atoms with van der Waals surface area (Å²) in [6.07, 6.45) is 5.17. The predicted molar refractivity (Wildman–Crippen MR) is 71.9 cm³/mol. The van der Waals surface area contributed by atoms with Gasteiger partial charge in [-0.3, -0.25) is 4.79 Å². The van der Waals surface area contributed by atoms with Gasteiger partial charge in [0.2, 0.25) is 5.91 Å². The normalized spacial score (nSPS) is 31.3. The first-order valence-electron chi connectivity index (χ1n) is 7.12. The Bertz CT molecular complexity index is 416. The van der Waals surface area contributed by atoms with E-state index < -0.39 is 0 Å². The lowest BCUT2D eigenvalue weighted by atomic mass is 10.0. The van der Waals surface area contributed by atoms with Crippen molar-refractivity contribution in [1.29, 1.82) is 0 Å². The highest BCUT2D eigenvalue weighted by molar-refractivity contribution is 5.82. The Kier molecular flexibility index (Phi) is 3.11. The second-order valence-electron chi connectivity index (χ2n) is 5.78. The molecule has 0 aliphatic heterocycles. The van der Waals surface area contributed by atoms with Gasteiger partial charge in [0.25, 0.3) is 0 Å². The van der Waals surface area contributed by atoms with Crippen LogP contribution in [-0.4, -0.2) is 5.91 Å². The zero-order valence-electron chi connectivity index (χ0n) is 10.9. The van der Waals surface area contributed by atoms with Crippen LogP contribution in [-0.2, 0) is 4.79 Å². The molecule has 2 saturated carbocycles. The maximum Gasteiger partial charge on any atom is 0.224 e. The average molecular weight is 243 g/mol. The molecule has 0 unspecified atom stereocenters. The van der Waals surface area contributed by atoms with Crippen molar-refractivity contribution in [3.05, 3.63) is 35.9 Å². The van der Waals surface area contributed by atoms with E-state index in [1.165, 1.54) is 31.2 Å². The number of nitrogens with one attached hydrogen (secondary N) is 1. The molecule has 2 aliphatic carbocycles. The minimum absolute atomic E-state index is 0.126. The van der Waals surface area contributed by atoms with Gasteiger partial charge < -0.3 is 5.32 Å². The Morgan fingerprint density at radius 2 is 1.78 bits per heavy atom. The second-order valence-corrected chi connectivity index (χ2v) is 5.78. The van der Waals surface area contributed by atoms with E-state index in [-0.39, 0.29) is 11.9 Å². The number of carbonyl (C=O) groups is 1. The molecule has 2 aliphatic rings. The molecule has 3 atom stereocenters. The fourth-order valence-corrected chi connectivity index (χ4v) is 3.52. The summed E-state index contributed by atoms with van der Waals surface area (Å²) in [7, 11) is 0. The lowest BCUT2D eigenvalue weighted by molar-refractivity contribution is -0.123. The highest BCUT2D eigenvalue weighted by atomic mass is 16.2. The van der Waals surface area contributed by atoms with Crippen molar-refractivity contribution in [2.45, 2.75) is 38.6 Å². The Labute approximate surface area is 109 Å². The van der Waals surface area contributed by atoms with Gasteiger partial charge in [-0.1, -0.05) is 43.2 Å². The molecule has 2 nitrogen and oxygen atoms in total. The van der Waals surface area contributed by atoms with Gasteiger partial charge in [-0.25, -0.2) is 0 Å². The molecule has 1 aromatic carbocycles. The number of benzene rings is 1. The zero-order valence-corrected chi connectivity index (χ0v) is 10.9. The Hall–Kier alpha value is -1.31. The van der Waals surface area contributed by atoms with Crippen LogP contribution in [0.15, 0.2) is 30.3 Å². The summed E-state index contributed by atoms with van der Waals surface area (Å²) in [6, 6.07) is 10.3. The molecular weight excluding hydrogens is 222 g/mol. The number of hydrogen-bond acceptors (Lipinski definition) is 1. The summed E-state index contributed by atoms with van der Waals surface area (Å²) in [5.74, 6) is 1.99. The van der Waals surface area contributed by atoms with Gasteiger partial charge in [-0.15, -0.1) is 0 Å². The van der Waals surface area contributed by atoms with Crippen LogP contribution in [0.4, 0.5) is 0 Å². The number of rotatable bonds is 3. The van der Waals surface area contributed by atoms with Crippen LogP contribution in [0.3, 0.4) is 0 Å². The molecule has 0 saturated heterocycles. The molecule has 0 bridgehead atoms. The van der Waals surface area contributed by atoms with Gasteiger partial charge in [0.1, 0.15) is 0 Å². The molecule has 1 amide bonds. The van der Waals surface area contributed by atoms with E-state index in [1.54, 1.807) is 0 Å². The lowest BCUT2D eigenvalue weighted by Gasteiger charge is -2.14. The second kappa shape index (κ2) is 4.75. The van der Waals surface area contributed by atoms with Crippen LogP contribution in [0.25, 0.3) is 0 Å². The van der Waals surface area contributed by atoms with E-state index >= 15 is 0 Å². The maximum atomic E-state index is 12.2.